The fourth-order valence-corrected chi connectivity index (χ4v) is 5.25. The van der Waals surface area contributed by atoms with Gasteiger partial charge in [-0.25, -0.2) is 4.79 Å². The van der Waals surface area contributed by atoms with E-state index in [2.05, 4.69) is 9.88 Å². The van der Waals surface area contributed by atoms with Gasteiger partial charge in [-0.3, -0.25) is 4.79 Å². The van der Waals surface area contributed by atoms with Crippen LogP contribution in [0.3, 0.4) is 0 Å². The number of carbonyl (C=O) groups is 2. The molecule has 1 saturated heterocycles. The third-order valence-electron chi connectivity index (χ3n) is 6.89. The monoisotopic (exact) mass is 562 g/mol. The van der Waals surface area contributed by atoms with E-state index in [0.29, 0.717) is 47.5 Å². The van der Waals surface area contributed by atoms with Gasteiger partial charge in [0.05, 0.1) is 29.1 Å². The van der Waals surface area contributed by atoms with Crippen LogP contribution in [0, 0.1) is 6.92 Å². The molecule has 1 aromatic heterocycles. The third-order valence-corrected chi connectivity index (χ3v) is 7.43. The number of halogens is 2. The van der Waals surface area contributed by atoms with Crippen molar-refractivity contribution in [3.05, 3.63) is 100 Å². The molecule has 0 spiro atoms. The Bertz CT molecular complexity index is 1510. The highest BCUT2D eigenvalue weighted by Gasteiger charge is 2.28. The third kappa shape index (κ3) is 5.60. The van der Waals surface area contributed by atoms with Gasteiger partial charge in [-0.1, -0.05) is 59.6 Å². The predicted molar refractivity (Wildman–Crippen MR) is 155 cm³/mol. The molecule has 2 heterocycles. The minimum Gasteiger partial charge on any atom is -0.497 e. The van der Waals surface area contributed by atoms with Crippen LogP contribution in [0.15, 0.2) is 78.9 Å². The van der Waals surface area contributed by atoms with Crippen molar-refractivity contribution in [1.29, 1.82) is 0 Å². The Hall–Kier alpha value is -3.94. The number of piperazine rings is 1. The van der Waals surface area contributed by atoms with Crippen LogP contribution in [-0.4, -0.2) is 59.6 Å². The first kappa shape index (κ1) is 26.7. The standard InChI is InChI=1S/C30H28Cl2N4O3/c1-20-25(19-28(21-7-4-3-5-8-21)36(20)23-9-6-10-24(18-23)39-2)29(37)34-13-15-35(16-14-34)30(38)33-27-12-11-22(31)17-26(27)32/h3-12,17-19H,13-16H2,1-2H3,(H,33,38). The van der Waals surface area contributed by atoms with Crippen LogP contribution in [0.1, 0.15) is 16.1 Å². The molecule has 1 aliphatic heterocycles. The van der Waals surface area contributed by atoms with E-state index in [-0.39, 0.29) is 11.9 Å². The molecule has 1 N–H and O–H groups in total. The first-order valence-corrected chi connectivity index (χ1v) is 13.3. The largest absolute Gasteiger partial charge is 0.497 e. The van der Waals surface area contributed by atoms with Crippen LogP contribution >= 0.6 is 23.2 Å². The molecule has 0 aliphatic carbocycles. The second-order valence-corrected chi connectivity index (χ2v) is 10.1. The lowest BCUT2D eigenvalue weighted by molar-refractivity contribution is 0.0671. The molecule has 0 saturated carbocycles. The second kappa shape index (κ2) is 11.4. The van der Waals surface area contributed by atoms with E-state index in [9.17, 15) is 9.59 Å². The van der Waals surface area contributed by atoms with Crippen LogP contribution in [0.2, 0.25) is 10.0 Å². The Labute approximate surface area is 237 Å². The summed E-state index contributed by atoms with van der Waals surface area (Å²) in [6, 6.07) is 24.4. The molecule has 5 rings (SSSR count). The van der Waals surface area contributed by atoms with Gasteiger partial charge in [-0.15, -0.1) is 0 Å². The number of benzene rings is 3. The Balaban J connectivity index is 1.36. The van der Waals surface area contributed by atoms with Crippen LogP contribution in [0.4, 0.5) is 10.5 Å². The average Bonchev–Trinajstić information content (AvgIpc) is 3.31. The van der Waals surface area contributed by atoms with E-state index in [1.54, 1.807) is 35.1 Å². The molecule has 0 atom stereocenters. The molecule has 0 unspecified atom stereocenters. The number of amides is 3. The van der Waals surface area contributed by atoms with Gasteiger partial charge in [-0.2, -0.15) is 0 Å². The first-order valence-electron chi connectivity index (χ1n) is 12.6. The van der Waals surface area contributed by atoms with Crippen LogP contribution in [0.25, 0.3) is 16.9 Å². The van der Waals surface area contributed by atoms with Gasteiger partial charge in [0, 0.05) is 48.6 Å². The van der Waals surface area contributed by atoms with E-state index >= 15 is 0 Å². The van der Waals surface area contributed by atoms with Gasteiger partial charge in [0.1, 0.15) is 5.75 Å². The van der Waals surface area contributed by atoms with Gasteiger partial charge in [0.2, 0.25) is 0 Å². The van der Waals surface area contributed by atoms with Crippen molar-refractivity contribution in [2.45, 2.75) is 6.92 Å². The quantitative estimate of drug-likeness (QED) is 0.292. The predicted octanol–water partition coefficient (Wildman–Crippen LogP) is 6.76. The van der Waals surface area contributed by atoms with E-state index in [4.69, 9.17) is 27.9 Å². The summed E-state index contributed by atoms with van der Waals surface area (Å²) in [6.07, 6.45) is 0. The topological polar surface area (TPSA) is 66.8 Å². The summed E-state index contributed by atoms with van der Waals surface area (Å²) in [5.41, 5.74) is 4.79. The number of anilines is 1. The molecule has 4 aromatic rings. The molecule has 1 aliphatic rings. The highest BCUT2D eigenvalue weighted by molar-refractivity contribution is 6.36. The van der Waals surface area contributed by atoms with Crippen LogP contribution in [0.5, 0.6) is 5.75 Å². The maximum absolute atomic E-state index is 13.8. The lowest BCUT2D eigenvalue weighted by atomic mass is 10.1. The SMILES string of the molecule is COc1cccc(-n2c(-c3ccccc3)cc(C(=O)N3CCN(C(=O)Nc4ccc(Cl)cc4Cl)CC3)c2C)c1. The minimum absolute atomic E-state index is 0.0628. The van der Waals surface area contributed by atoms with Crippen LogP contribution < -0.4 is 10.1 Å². The highest BCUT2D eigenvalue weighted by atomic mass is 35.5. The summed E-state index contributed by atoms with van der Waals surface area (Å²) in [7, 11) is 1.64. The van der Waals surface area contributed by atoms with Gasteiger partial charge >= 0.3 is 6.03 Å². The zero-order chi connectivity index (χ0) is 27.5. The van der Waals surface area contributed by atoms with Crippen LogP contribution in [-0.2, 0) is 0 Å². The number of rotatable bonds is 5. The van der Waals surface area contributed by atoms with E-state index in [1.165, 1.54) is 0 Å². The van der Waals surface area contributed by atoms with Crippen molar-refractivity contribution < 1.29 is 14.3 Å². The minimum atomic E-state index is -0.266. The number of methoxy groups -OCH3 is 1. The lowest BCUT2D eigenvalue weighted by Gasteiger charge is -2.34. The normalized spacial score (nSPS) is 13.3. The maximum atomic E-state index is 13.8. The van der Waals surface area contributed by atoms with Gasteiger partial charge in [0.15, 0.2) is 0 Å². The van der Waals surface area contributed by atoms with E-state index in [1.807, 2.05) is 67.6 Å². The maximum Gasteiger partial charge on any atom is 0.322 e. The smallest absolute Gasteiger partial charge is 0.322 e. The summed E-state index contributed by atoms with van der Waals surface area (Å²) < 4.78 is 7.54. The summed E-state index contributed by atoms with van der Waals surface area (Å²) in [4.78, 5) is 30.1. The zero-order valence-electron chi connectivity index (χ0n) is 21.7. The Kier molecular flexibility index (Phi) is 7.82. The van der Waals surface area contributed by atoms with Crippen molar-refractivity contribution in [3.8, 4) is 22.7 Å². The van der Waals surface area contributed by atoms with Crippen molar-refractivity contribution in [2.75, 3.05) is 38.6 Å². The average molecular weight is 563 g/mol. The highest BCUT2D eigenvalue weighted by Crippen LogP contribution is 2.32. The van der Waals surface area contributed by atoms with Crippen molar-refractivity contribution in [1.82, 2.24) is 14.4 Å². The van der Waals surface area contributed by atoms with Gasteiger partial charge in [-0.05, 0) is 48.9 Å². The number of aromatic nitrogens is 1. The van der Waals surface area contributed by atoms with Gasteiger partial charge < -0.3 is 24.4 Å². The Morgan fingerprint density at radius 3 is 2.26 bits per heavy atom. The first-order chi connectivity index (χ1) is 18.9. The molecule has 0 bridgehead atoms. The molecule has 7 nitrogen and oxygen atoms in total. The number of hydrogen-bond donors (Lipinski definition) is 1. The molecule has 200 valence electrons. The molecular weight excluding hydrogens is 535 g/mol. The number of ether oxygens (including phenoxy) is 1. The number of urea groups is 1. The number of hydrogen-bond acceptors (Lipinski definition) is 3. The number of nitrogens with one attached hydrogen (secondary N) is 1. The van der Waals surface area contributed by atoms with Gasteiger partial charge in [0.25, 0.3) is 5.91 Å². The number of nitrogens with zero attached hydrogens (tertiary/aromatic N) is 3. The van der Waals surface area contributed by atoms with E-state index in [0.717, 1.165) is 28.4 Å². The molecule has 39 heavy (non-hydrogen) atoms. The van der Waals surface area contributed by atoms with Crippen molar-refractivity contribution in [3.63, 3.8) is 0 Å². The molecular formula is C30H28Cl2N4O3. The zero-order valence-corrected chi connectivity index (χ0v) is 23.2. The Morgan fingerprint density at radius 2 is 1.56 bits per heavy atom. The summed E-state index contributed by atoms with van der Waals surface area (Å²) in [5.74, 6) is 0.675. The second-order valence-electron chi connectivity index (χ2n) is 9.27. The molecule has 0 radical (unpaired) electrons. The fraction of sp³-hybridized carbons (Fsp3) is 0.200. The van der Waals surface area contributed by atoms with Crippen molar-refractivity contribution >= 4 is 40.8 Å². The summed E-state index contributed by atoms with van der Waals surface area (Å²) >= 11 is 12.2. The molecule has 9 heteroatoms. The summed E-state index contributed by atoms with van der Waals surface area (Å²) in [6.45, 7) is 3.61. The lowest BCUT2D eigenvalue weighted by Crippen LogP contribution is -2.51. The Morgan fingerprint density at radius 1 is 0.846 bits per heavy atom. The van der Waals surface area contributed by atoms with Crippen molar-refractivity contribution in [2.24, 2.45) is 0 Å². The number of carbonyl (C=O) groups excluding carboxylic acids is 2. The van der Waals surface area contributed by atoms with E-state index < -0.39 is 0 Å². The molecule has 3 aromatic carbocycles. The molecule has 3 amide bonds. The summed E-state index contributed by atoms with van der Waals surface area (Å²) in [5, 5.41) is 3.69. The fourth-order valence-electron chi connectivity index (χ4n) is 4.80. The molecule has 1 fully saturated rings.